The van der Waals surface area contributed by atoms with Gasteiger partial charge in [-0.2, -0.15) is 10.1 Å². The Kier molecular flexibility index (Phi) is 6.89. The summed E-state index contributed by atoms with van der Waals surface area (Å²) in [6.45, 7) is 5.90. The molecule has 0 amide bonds. The zero-order chi connectivity index (χ0) is 32.8. The van der Waals surface area contributed by atoms with E-state index in [2.05, 4.69) is 20.0 Å². The Balaban J connectivity index is 1.15. The van der Waals surface area contributed by atoms with Crippen molar-refractivity contribution in [3.63, 3.8) is 0 Å². The topological polar surface area (TPSA) is 193 Å². The molecule has 14 nitrogen and oxygen atoms in total. The molecular weight excluding hydrogens is 622 g/mol. The highest BCUT2D eigenvalue weighted by Crippen LogP contribution is 2.87. The number of halogens is 1. The van der Waals surface area contributed by atoms with E-state index in [-0.39, 0.29) is 18.2 Å². The molecule has 2 aromatic carbocycles. The number of imidazole rings is 1. The zero-order valence-corrected chi connectivity index (χ0v) is 26.4. The van der Waals surface area contributed by atoms with Crippen LogP contribution in [-0.4, -0.2) is 67.4 Å². The number of carbonyl (C=O) groups excluding carboxylic acids is 1. The zero-order valence-electron chi connectivity index (χ0n) is 25.5. The summed E-state index contributed by atoms with van der Waals surface area (Å²) >= 11 is 0. The Labute approximate surface area is 262 Å². The highest BCUT2D eigenvalue weighted by Gasteiger charge is 2.97. The molecule has 16 heteroatoms. The number of rotatable bonds is 11. The second-order valence-corrected chi connectivity index (χ2v) is 14.3. The molecule has 46 heavy (non-hydrogen) atoms. The predicted octanol–water partition coefficient (Wildman–Crippen LogP) is 3.22. The number of nitrogens with two attached hydrogens (primary N) is 1. The van der Waals surface area contributed by atoms with Gasteiger partial charge in [-0.25, -0.2) is 18.7 Å². The van der Waals surface area contributed by atoms with Crippen molar-refractivity contribution in [1.82, 2.24) is 24.6 Å². The summed E-state index contributed by atoms with van der Waals surface area (Å²) < 4.78 is 55.1. The van der Waals surface area contributed by atoms with Gasteiger partial charge in [-0.15, -0.1) is 0 Å². The molecule has 5 N–H and O–H groups in total. The number of nitrogens with zero attached hydrogens (tertiary/aromatic N) is 3. The van der Waals surface area contributed by atoms with Crippen molar-refractivity contribution in [2.75, 3.05) is 18.9 Å². The lowest BCUT2D eigenvalue weighted by Gasteiger charge is -2.24. The smallest absolute Gasteiger partial charge is 0.459 e. The van der Waals surface area contributed by atoms with Crippen molar-refractivity contribution in [3.05, 3.63) is 59.3 Å². The number of aliphatic hydroxyl groups excluding tert-OH is 1. The number of alkyl halides is 1. The van der Waals surface area contributed by atoms with Gasteiger partial charge in [0.2, 0.25) is 5.85 Å². The molecule has 5 unspecified atom stereocenters. The Morgan fingerprint density at radius 3 is 2.72 bits per heavy atom. The van der Waals surface area contributed by atoms with Crippen molar-refractivity contribution < 1.29 is 37.4 Å². The van der Waals surface area contributed by atoms with Crippen LogP contribution < -0.4 is 21.0 Å². The van der Waals surface area contributed by atoms with Gasteiger partial charge in [0.05, 0.1) is 53.7 Å². The normalized spacial score (nSPS) is 31.3. The van der Waals surface area contributed by atoms with E-state index in [1.807, 2.05) is 0 Å². The summed E-state index contributed by atoms with van der Waals surface area (Å²) in [4.78, 5) is 35.3. The van der Waals surface area contributed by atoms with Crippen molar-refractivity contribution in [3.8, 4) is 5.75 Å². The molecule has 7 rings (SSSR count). The van der Waals surface area contributed by atoms with E-state index in [0.717, 1.165) is 0 Å². The second kappa shape index (κ2) is 10.3. The predicted molar refractivity (Wildman–Crippen MR) is 163 cm³/mol. The van der Waals surface area contributed by atoms with Gasteiger partial charge in [-0.1, -0.05) is 18.2 Å². The Hall–Kier alpha value is -3.88. The maximum absolute atomic E-state index is 16.5. The SMILES string of the molecule is CC(C)OC(=O)[C@H](C)NP(=O)(OC[C@H]1C2(C)OC3(F)C([C@@H]3n3cnc4cc5c(N)nc(=O)[nH]c5cc43)C12CO)Oc1ccccc1. The molecule has 244 valence electrons. The number of esters is 1. The number of nitrogens with one attached hydrogen (secondary N) is 2. The van der Waals surface area contributed by atoms with Crippen LogP contribution in [0.1, 0.15) is 33.7 Å². The summed E-state index contributed by atoms with van der Waals surface area (Å²) in [6.07, 6.45) is 1.09. The molecule has 1 aliphatic heterocycles. The number of aromatic amines is 1. The van der Waals surface area contributed by atoms with Crippen molar-refractivity contribution >= 4 is 41.5 Å². The number of hydrogen-bond donors (Lipinski definition) is 4. The summed E-state index contributed by atoms with van der Waals surface area (Å²) in [5.74, 6) is -3.84. The molecule has 0 bridgehead atoms. The molecule has 3 heterocycles. The first-order valence-corrected chi connectivity index (χ1v) is 16.4. The third kappa shape index (κ3) is 4.48. The fourth-order valence-corrected chi connectivity index (χ4v) is 8.84. The van der Waals surface area contributed by atoms with Gasteiger partial charge in [0.15, 0.2) is 0 Å². The van der Waals surface area contributed by atoms with E-state index in [4.69, 9.17) is 24.3 Å². The average Bonchev–Trinajstić information content (AvgIpc) is 3.59. The van der Waals surface area contributed by atoms with Crippen LogP contribution in [0.25, 0.3) is 21.9 Å². The molecule has 3 aliphatic rings. The number of aromatic nitrogens is 4. The number of para-hydroxylation sites is 1. The maximum Gasteiger partial charge on any atom is 0.459 e. The third-order valence-corrected chi connectivity index (χ3v) is 11.2. The quantitative estimate of drug-likeness (QED) is 0.136. The highest BCUT2D eigenvalue weighted by atomic mass is 31.2. The van der Waals surface area contributed by atoms with Crippen molar-refractivity contribution in [1.29, 1.82) is 0 Å². The number of anilines is 1. The fraction of sp³-hybridized carbons (Fsp3) is 0.467. The maximum atomic E-state index is 16.5. The van der Waals surface area contributed by atoms with Crippen LogP contribution in [0.5, 0.6) is 5.75 Å². The summed E-state index contributed by atoms with van der Waals surface area (Å²) in [5.41, 5.74) is 4.56. The van der Waals surface area contributed by atoms with Gasteiger partial charge in [0, 0.05) is 16.7 Å². The first-order chi connectivity index (χ1) is 21.8. The minimum absolute atomic E-state index is 0.0499. The van der Waals surface area contributed by atoms with Gasteiger partial charge >= 0.3 is 19.4 Å². The minimum Gasteiger partial charge on any atom is -0.462 e. The number of aliphatic hydroxyl groups is 1. The Bertz CT molecular complexity index is 1970. The number of nitrogen functional groups attached to an aromatic ring is 1. The van der Waals surface area contributed by atoms with E-state index < -0.39 is 72.9 Å². The fourth-order valence-electron chi connectivity index (χ4n) is 7.33. The molecule has 0 spiro atoms. The highest BCUT2D eigenvalue weighted by molar-refractivity contribution is 7.52. The van der Waals surface area contributed by atoms with Crippen molar-refractivity contribution in [2.24, 2.45) is 17.3 Å². The van der Waals surface area contributed by atoms with E-state index in [0.29, 0.717) is 21.9 Å². The molecule has 0 radical (unpaired) electrons. The number of hydrogen-bond acceptors (Lipinski definition) is 11. The Morgan fingerprint density at radius 2 is 2.02 bits per heavy atom. The lowest BCUT2D eigenvalue weighted by molar-refractivity contribution is -0.149. The average molecular weight is 657 g/mol. The van der Waals surface area contributed by atoms with E-state index in [1.165, 1.54) is 13.3 Å². The lowest BCUT2D eigenvalue weighted by atomic mass is 9.95. The number of fused-ring (bicyclic) bond motifs is 5. The van der Waals surface area contributed by atoms with Gasteiger partial charge < -0.3 is 34.4 Å². The monoisotopic (exact) mass is 656 g/mol. The molecule has 1 saturated heterocycles. The van der Waals surface area contributed by atoms with E-state index in [1.54, 1.807) is 67.8 Å². The number of benzene rings is 2. The second-order valence-electron chi connectivity index (χ2n) is 12.6. The van der Waals surface area contributed by atoms with Gasteiger partial charge in [-0.05, 0) is 52.0 Å². The number of ether oxygens (including phenoxy) is 2. The molecule has 4 aromatic rings. The number of carbonyl (C=O) groups is 1. The van der Waals surface area contributed by atoms with Crippen LogP contribution in [0.3, 0.4) is 0 Å². The molecule has 3 fully saturated rings. The molecule has 2 saturated carbocycles. The van der Waals surface area contributed by atoms with Gasteiger partial charge in [0.1, 0.15) is 23.7 Å². The van der Waals surface area contributed by atoms with Crippen LogP contribution in [0.4, 0.5) is 10.2 Å². The van der Waals surface area contributed by atoms with Crippen LogP contribution >= 0.6 is 7.75 Å². The van der Waals surface area contributed by atoms with Gasteiger partial charge in [0.25, 0.3) is 0 Å². The molecule has 2 aliphatic carbocycles. The van der Waals surface area contributed by atoms with Crippen LogP contribution in [-0.2, 0) is 23.4 Å². The summed E-state index contributed by atoms with van der Waals surface area (Å²) in [5, 5.41) is 13.9. The third-order valence-electron chi connectivity index (χ3n) is 9.54. The molecular formula is C30H34FN6O8P. The summed E-state index contributed by atoms with van der Waals surface area (Å²) in [7, 11) is -4.21. The van der Waals surface area contributed by atoms with Crippen LogP contribution in [0, 0.1) is 17.3 Å². The number of H-pyrrole nitrogens is 1. The van der Waals surface area contributed by atoms with E-state index in [9.17, 15) is 19.3 Å². The lowest BCUT2D eigenvalue weighted by Crippen LogP contribution is -2.36. The van der Waals surface area contributed by atoms with Crippen LogP contribution in [0.2, 0.25) is 0 Å². The van der Waals surface area contributed by atoms with Gasteiger partial charge in [-0.3, -0.25) is 9.32 Å². The molecule has 8 atom stereocenters. The summed E-state index contributed by atoms with van der Waals surface area (Å²) in [6, 6.07) is 9.75. The largest absolute Gasteiger partial charge is 0.462 e. The first kappa shape index (κ1) is 30.8. The minimum atomic E-state index is -4.21. The van der Waals surface area contributed by atoms with Crippen LogP contribution in [0.15, 0.2) is 53.6 Å². The van der Waals surface area contributed by atoms with Crippen molar-refractivity contribution in [2.45, 2.75) is 57.3 Å². The first-order valence-electron chi connectivity index (χ1n) is 14.9. The standard InChI is InChI=1S/C30H34FN6O8P/c1-15(2)43-26(39)16(3)36-46(41,44-17-8-6-5-7-9-17)42-12-22-28(4)29(22,13-38)23-24(30(23,31)45-28)37-14-33-20-10-18-19(11-21(20)37)34-27(40)35-25(18)32/h5-11,14-16,22-24,38H,12-13H2,1-4H3,(H,36,41)(H3,32,34,35,40)/t16-,22-,23?,24-,28?,29?,30?,46?/m0/s1. The van der Waals surface area contributed by atoms with E-state index >= 15 is 4.39 Å². The Morgan fingerprint density at radius 1 is 1.28 bits per heavy atom. The molecule has 2 aromatic heterocycles.